The summed E-state index contributed by atoms with van der Waals surface area (Å²) in [6.07, 6.45) is 8.36. The zero-order valence-electron chi connectivity index (χ0n) is 17.9. The van der Waals surface area contributed by atoms with Crippen molar-refractivity contribution in [2.75, 3.05) is 24.6 Å². The molecule has 1 N–H and O–H groups in total. The number of rotatable bonds is 7. The number of allylic oxidation sites excluding steroid dienone is 1. The third-order valence-electron chi connectivity index (χ3n) is 6.54. The first-order valence-electron chi connectivity index (χ1n) is 11.1. The topological polar surface area (TPSA) is 49.8 Å². The van der Waals surface area contributed by atoms with E-state index in [0.29, 0.717) is 6.61 Å². The van der Waals surface area contributed by atoms with E-state index in [1.165, 1.54) is 11.1 Å². The second-order valence-corrected chi connectivity index (χ2v) is 9.24. The van der Waals surface area contributed by atoms with Gasteiger partial charge >= 0.3 is 5.97 Å². The highest BCUT2D eigenvalue weighted by molar-refractivity contribution is 6.30. The highest BCUT2D eigenvalue weighted by Gasteiger charge is 2.41. The van der Waals surface area contributed by atoms with Gasteiger partial charge in [0, 0.05) is 23.5 Å². The maximum Gasteiger partial charge on any atom is 0.307 e. The number of halogens is 1. The van der Waals surface area contributed by atoms with Crippen LogP contribution >= 0.6 is 11.6 Å². The Balaban J connectivity index is 1.70. The molecule has 0 fully saturated rings. The minimum atomic E-state index is -0.818. The number of benzene rings is 2. The Morgan fingerprint density at radius 3 is 2.94 bits per heavy atom. The quantitative estimate of drug-likeness (QED) is 0.437. The molecule has 1 aliphatic carbocycles. The smallest absolute Gasteiger partial charge is 0.307 e. The van der Waals surface area contributed by atoms with E-state index in [1.54, 1.807) is 0 Å². The molecule has 1 atom stereocenters. The van der Waals surface area contributed by atoms with Crippen molar-refractivity contribution in [1.29, 1.82) is 0 Å². The van der Waals surface area contributed by atoms with E-state index in [-0.39, 0.29) is 11.8 Å². The van der Waals surface area contributed by atoms with Crippen molar-refractivity contribution >= 4 is 23.3 Å². The predicted octanol–water partition coefficient (Wildman–Crippen LogP) is 5.80. The van der Waals surface area contributed by atoms with E-state index in [1.807, 2.05) is 30.3 Å². The SMILES string of the molecule is C=CCCCCN1C[C@@]2(CCCc3cc(Cl)ccc32)COc2ccc(CC(=O)O)cc21. The summed E-state index contributed by atoms with van der Waals surface area (Å²) >= 11 is 6.30. The highest BCUT2D eigenvalue weighted by atomic mass is 35.5. The maximum absolute atomic E-state index is 11.3. The number of unbranched alkanes of at least 4 members (excludes halogenated alkanes) is 2. The average molecular weight is 440 g/mol. The first-order chi connectivity index (χ1) is 15.0. The maximum atomic E-state index is 11.3. The predicted molar refractivity (Wildman–Crippen MR) is 126 cm³/mol. The Bertz CT molecular complexity index is 973. The summed E-state index contributed by atoms with van der Waals surface area (Å²) in [5, 5.41) is 10.0. The molecule has 0 saturated heterocycles. The Morgan fingerprint density at radius 2 is 2.13 bits per heavy atom. The molecule has 1 aliphatic heterocycles. The Kier molecular flexibility index (Phi) is 6.57. The van der Waals surface area contributed by atoms with E-state index in [9.17, 15) is 9.90 Å². The van der Waals surface area contributed by atoms with Crippen LogP contribution in [0.1, 0.15) is 48.8 Å². The molecule has 0 bridgehead atoms. The first-order valence-corrected chi connectivity index (χ1v) is 11.5. The van der Waals surface area contributed by atoms with E-state index in [2.05, 4.69) is 23.6 Å². The summed E-state index contributed by atoms with van der Waals surface area (Å²) in [6.45, 7) is 6.23. The number of carbonyl (C=O) groups is 1. The number of hydrogen-bond acceptors (Lipinski definition) is 3. The molecule has 5 heteroatoms. The van der Waals surface area contributed by atoms with E-state index < -0.39 is 5.97 Å². The first kappa shape index (κ1) is 21.8. The van der Waals surface area contributed by atoms with Gasteiger partial charge in [-0.25, -0.2) is 0 Å². The molecule has 0 saturated carbocycles. The molecule has 2 aromatic rings. The van der Waals surface area contributed by atoms with Gasteiger partial charge in [-0.3, -0.25) is 4.79 Å². The van der Waals surface area contributed by atoms with Gasteiger partial charge in [0.15, 0.2) is 0 Å². The molecule has 4 nitrogen and oxygen atoms in total. The summed E-state index contributed by atoms with van der Waals surface area (Å²) in [5.74, 6) is 0.0254. The lowest BCUT2D eigenvalue weighted by molar-refractivity contribution is -0.136. The number of aryl methyl sites for hydroxylation is 1. The Labute approximate surface area is 189 Å². The van der Waals surface area contributed by atoms with Gasteiger partial charge in [0.1, 0.15) is 5.75 Å². The Morgan fingerprint density at radius 1 is 1.26 bits per heavy atom. The van der Waals surface area contributed by atoms with Crippen LogP contribution in [0.5, 0.6) is 5.75 Å². The number of hydrogen-bond donors (Lipinski definition) is 1. The van der Waals surface area contributed by atoms with Crippen molar-refractivity contribution in [1.82, 2.24) is 0 Å². The van der Waals surface area contributed by atoms with E-state index >= 15 is 0 Å². The molecule has 31 heavy (non-hydrogen) atoms. The van der Waals surface area contributed by atoms with Gasteiger partial charge in [0.25, 0.3) is 0 Å². The Hall–Kier alpha value is -2.46. The average Bonchev–Trinajstić information content (AvgIpc) is 2.88. The van der Waals surface area contributed by atoms with Crippen molar-refractivity contribution in [2.24, 2.45) is 0 Å². The molecular formula is C26H30ClNO3. The molecule has 164 valence electrons. The number of carboxylic acid groups (broad SMARTS) is 1. The van der Waals surface area contributed by atoms with Crippen LogP contribution in [0.4, 0.5) is 5.69 Å². The lowest BCUT2D eigenvalue weighted by Gasteiger charge is -2.41. The minimum Gasteiger partial charge on any atom is -0.490 e. The van der Waals surface area contributed by atoms with Gasteiger partial charge in [0.05, 0.1) is 18.7 Å². The van der Waals surface area contributed by atoms with Gasteiger partial charge < -0.3 is 14.7 Å². The van der Waals surface area contributed by atoms with Crippen molar-refractivity contribution < 1.29 is 14.6 Å². The van der Waals surface area contributed by atoms with Crippen LogP contribution < -0.4 is 9.64 Å². The fraction of sp³-hybridized carbons (Fsp3) is 0.423. The van der Waals surface area contributed by atoms with Gasteiger partial charge in [-0.2, -0.15) is 0 Å². The molecule has 0 unspecified atom stereocenters. The number of aliphatic carboxylic acids is 1. The molecule has 0 radical (unpaired) electrons. The van der Waals surface area contributed by atoms with Gasteiger partial charge in [-0.15, -0.1) is 6.58 Å². The van der Waals surface area contributed by atoms with Gasteiger partial charge in [0.2, 0.25) is 0 Å². The number of anilines is 1. The standard InChI is InChI=1S/C26H30ClNO3/c1-2-3-4-5-13-28-17-26(12-6-7-20-16-21(27)9-10-22(20)26)18-31-24-11-8-19(14-23(24)28)15-25(29)30/h2,8-11,14,16H,1,3-7,12-13,15,17-18H2,(H,29,30)/t26-/m0/s1. The van der Waals surface area contributed by atoms with Crippen LogP contribution in [0.15, 0.2) is 49.1 Å². The molecule has 0 aromatic heterocycles. The van der Waals surface area contributed by atoms with Crippen LogP contribution in [0.3, 0.4) is 0 Å². The molecular weight excluding hydrogens is 410 g/mol. The fourth-order valence-electron chi connectivity index (χ4n) is 5.07. The van der Waals surface area contributed by atoms with Gasteiger partial charge in [-0.05, 0) is 79.5 Å². The van der Waals surface area contributed by atoms with Crippen molar-refractivity contribution in [2.45, 2.75) is 50.4 Å². The highest BCUT2D eigenvalue weighted by Crippen LogP contribution is 2.44. The van der Waals surface area contributed by atoms with Crippen molar-refractivity contribution in [3.05, 3.63) is 70.8 Å². The zero-order chi connectivity index (χ0) is 21.8. The number of fused-ring (bicyclic) bond motifs is 3. The monoisotopic (exact) mass is 439 g/mol. The molecule has 1 heterocycles. The normalized spacial score (nSPS) is 19.8. The van der Waals surface area contributed by atoms with Crippen LogP contribution in [0, 0.1) is 0 Å². The lowest BCUT2D eigenvalue weighted by Crippen LogP contribution is -2.46. The zero-order valence-corrected chi connectivity index (χ0v) is 18.7. The fourth-order valence-corrected chi connectivity index (χ4v) is 5.27. The molecule has 2 aliphatic rings. The van der Waals surface area contributed by atoms with Crippen LogP contribution in [-0.2, 0) is 23.1 Å². The molecule has 2 aromatic carbocycles. The van der Waals surface area contributed by atoms with E-state index in [0.717, 1.165) is 73.6 Å². The van der Waals surface area contributed by atoms with E-state index in [4.69, 9.17) is 16.3 Å². The summed E-state index contributed by atoms with van der Waals surface area (Å²) < 4.78 is 6.41. The summed E-state index contributed by atoms with van der Waals surface area (Å²) in [4.78, 5) is 13.7. The van der Waals surface area contributed by atoms with Crippen LogP contribution in [0.2, 0.25) is 5.02 Å². The number of ether oxygens (including phenoxy) is 1. The molecule has 0 amide bonds. The number of carboxylic acids is 1. The second kappa shape index (κ2) is 9.35. The number of nitrogens with zero attached hydrogens (tertiary/aromatic N) is 1. The third kappa shape index (κ3) is 4.74. The third-order valence-corrected chi connectivity index (χ3v) is 6.78. The molecule has 4 rings (SSSR count). The van der Waals surface area contributed by atoms with Crippen molar-refractivity contribution in [3.63, 3.8) is 0 Å². The second-order valence-electron chi connectivity index (χ2n) is 8.80. The summed E-state index contributed by atoms with van der Waals surface area (Å²) in [5.41, 5.74) is 4.39. The largest absolute Gasteiger partial charge is 0.490 e. The van der Waals surface area contributed by atoms with Crippen LogP contribution in [0.25, 0.3) is 0 Å². The van der Waals surface area contributed by atoms with Gasteiger partial charge in [-0.1, -0.05) is 29.8 Å². The summed E-state index contributed by atoms with van der Waals surface area (Å²) in [6, 6.07) is 12.1. The summed E-state index contributed by atoms with van der Waals surface area (Å²) in [7, 11) is 0. The molecule has 1 spiro atoms. The van der Waals surface area contributed by atoms with Crippen molar-refractivity contribution in [3.8, 4) is 5.75 Å². The lowest BCUT2D eigenvalue weighted by atomic mass is 9.70. The minimum absolute atomic E-state index is 0.0179. The van der Waals surface area contributed by atoms with Crippen LogP contribution in [-0.4, -0.2) is 30.8 Å².